The lowest BCUT2D eigenvalue weighted by Crippen LogP contribution is -2.26. The number of amides is 1. The number of carbonyl (C=O) groups is 1. The van der Waals surface area contributed by atoms with E-state index in [1.165, 1.54) is 4.90 Å². The molecule has 1 fully saturated rings. The number of anilines is 2. The number of nitrogens with zero attached hydrogens (tertiary/aromatic N) is 2. The van der Waals surface area contributed by atoms with Gasteiger partial charge in [-0.1, -0.05) is 0 Å². The Morgan fingerprint density at radius 1 is 1.26 bits per heavy atom. The summed E-state index contributed by atoms with van der Waals surface area (Å²) in [6, 6.07) is 7.62. The van der Waals surface area contributed by atoms with Crippen LogP contribution in [-0.2, 0) is 19.0 Å². The fourth-order valence-electron chi connectivity index (χ4n) is 2.45. The van der Waals surface area contributed by atoms with E-state index in [2.05, 4.69) is 22.9 Å². The molecule has 8 heteroatoms. The minimum absolute atomic E-state index is 0.168. The Kier molecular flexibility index (Phi) is 5.48. The molecule has 0 aromatic heterocycles. The van der Waals surface area contributed by atoms with Crippen molar-refractivity contribution in [1.82, 2.24) is 0 Å². The molecule has 1 amide bonds. The van der Waals surface area contributed by atoms with Gasteiger partial charge in [0.15, 0.2) is 0 Å². The third kappa shape index (κ3) is 4.59. The van der Waals surface area contributed by atoms with Gasteiger partial charge in [0.2, 0.25) is 0 Å². The van der Waals surface area contributed by atoms with Crippen molar-refractivity contribution in [3.8, 4) is 0 Å². The Morgan fingerprint density at radius 3 is 2.39 bits per heavy atom. The normalized spacial score (nSPS) is 18.1. The molecule has 0 aliphatic carbocycles. The van der Waals surface area contributed by atoms with E-state index in [1.54, 1.807) is 0 Å². The van der Waals surface area contributed by atoms with Crippen LogP contribution in [0.4, 0.5) is 16.2 Å². The van der Waals surface area contributed by atoms with Crippen molar-refractivity contribution >= 4 is 27.6 Å². The Hall–Kier alpha value is -1.80. The molecule has 0 spiro atoms. The molecule has 1 aromatic carbocycles. The molecule has 1 aliphatic rings. The molecule has 0 N–H and O–H groups in total. The second-order valence-corrected chi connectivity index (χ2v) is 6.94. The topological polar surface area (TPSA) is 76.2 Å². The lowest BCUT2D eigenvalue weighted by atomic mass is 10.2. The molecule has 0 bridgehead atoms. The van der Waals surface area contributed by atoms with Gasteiger partial charge in [0.1, 0.15) is 12.7 Å². The molecule has 1 heterocycles. The molecule has 1 aromatic rings. The van der Waals surface area contributed by atoms with Crippen LogP contribution in [0.15, 0.2) is 24.3 Å². The first kappa shape index (κ1) is 17.6. The van der Waals surface area contributed by atoms with Crippen molar-refractivity contribution in [3.63, 3.8) is 0 Å². The fraction of sp³-hybridized carbons (Fsp3) is 0.533. The van der Waals surface area contributed by atoms with Gasteiger partial charge in [-0.3, -0.25) is 9.08 Å². The second kappa shape index (κ2) is 7.18. The van der Waals surface area contributed by atoms with Crippen LogP contribution in [0.25, 0.3) is 0 Å². The quantitative estimate of drug-likeness (QED) is 0.704. The van der Waals surface area contributed by atoms with Crippen molar-refractivity contribution in [2.24, 2.45) is 0 Å². The second-order valence-electron chi connectivity index (χ2n) is 5.29. The third-order valence-electron chi connectivity index (χ3n) is 3.63. The van der Waals surface area contributed by atoms with Crippen LogP contribution in [0.5, 0.6) is 0 Å². The molecule has 0 saturated carbocycles. The summed E-state index contributed by atoms with van der Waals surface area (Å²) < 4.78 is 31.8. The van der Waals surface area contributed by atoms with Gasteiger partial charge in [-0.05, 0) is 38.1 Å². The fourth-order valence-corrected chi connectivity index (χ4v) is 2.85. The van der Waals surface area contributed by atoms with E-state index in [4.69, 9.17) is 4.74 Å². The molecule has 1 saturated heterocycles. The Morgan fingerprint density at radius 2 is 1.87 bits per heavy atom. The van der Waals surface area contributed by atoms with Gasteiger partial charge < -0.3 is 9.64 Å². The van der Waals surface area contributed by atoms with E-state index in [9.17, 15) is 13.2 Å². The first-order valence-electron chi connectivity index (χ1n) is 7.51. The number of rotatable bonds is 7. The van der Waals surface area contributed by atoms with Gasteiger partial charge in [0, 0.05) is 24.5 Å². The van der Waals surface area contributed by atoms with Gasteiger partial charge in [-0.25, -0.2) is 4.79 Å². The highest BCUT2D eigenvalue weighted by molar-refractivity contribution is 7.85. The van der Waals surface area contributed by atoms with Gasteiger partial charge >= 0.3 is 6.09 Å². The maximum Gasteiger partial charge on any atom is 0.414 e. The summed E-state index contributed by atoms with van der Waals surface area (Å²) in [4.78, 5) is 15.6. The van der Waals surface area contributed by atoms with Crippen molar-refractivity contribution in [3.05, 3.63) is 24.3 Å². The molecule has 0 radical (unpaired) electrons. The number of ether oxygens (including phenoxy) is 1. The minimum Gasteiger partial charge on any atom is -0.441 e. The highest BCUT2D eigenvalue weighted by Gasteiger charge is 2.33. The average Bonchev–Trinajstić information content (AvgIpc) is 2.88. The zero-order valence-corrected chi connectivity index (χ0v) is 14.4. The van der Waals surface area contributed by atoms with Gasteiger partial charge in [-0.2, -0.15) is 8.42 Å². The van der Waals surface area contributed by atoms with Crippen LogP contribution in [0, 0.1) is 0 Å². The molecular weight excluding hydrogens is 320 g/mol. The predicted octanol–water partition coefficient (Wildman–Crippen LogP) is 1.83. The van der Waals surface area contributed by atoms with Crippen LogP contribution in [0.2, 0.25) is 0 Å². The third-order valence-corrected chi connectivity index (χ3v) is 4.20. The van der Waals surface area contributed by atoms with Crippen LogP contribution in [0.1, 0.15) is 13.8 Å². The van der Waals surface area contributed by atoms with Gasteiger partial charge in [0.05, 0.1) is 12.8 Å². The summed E-state index contributed by atoms with van der Waals surface area (Å²) in [7, 11) is -3.55. The van der Waals surface area contributed by atoms with Crippen LogP contribution < -0.4 is 9.80 Å². The first-order valence-corrected chi connectivity index (χ1v) is 9.33. The maximum atomic E-state index is 11.9. The van der Waals surface area contributed by atoms with Crippen molar-refractivity contribution in [2.45, 2.75) is 20.0 Å². The van der Waals surface area contributed by atoms with E-state index >= 15 is 0 Å². The lowest BCUT2D eigenvalue weighted by Gasteiger charge is -2.22. The summed E-state index contributed by atoms with van der Waals surface area (Å²) in [5, 5.41) is 0. The smallest absolute Gasteiger partial charge is 0.414 e. The molecule has 1 atom stereocenters. The van der Waals surface area contributed by atoms with E-state index in [-0.39, 0.29) is 13.2 Å². The summed E-state index contributed by atoms with van der Waals surface area (Å²) in [5.41, 5.74) is 1.80. The lowest BCUT2D eigenvalue weighted by molar-refractivity contribution is 0.107. The van der Waals surface area contributed by atoms with Crippen molar-refractivity contribution in [2.75, 3.05) is 42.3 Å². The largest absolute Gasteiger partial charge is 0.441 e. The number of cyclic esters (lactones) is 1. The average molecular weight is 342 g/mol. The van der Waals surface area contributed by atoms with Crippen molar-refractivity contribution in [1.29, 1.82) is 0 Å². The number of carbonyl (C=O) groups excluding carboxylic acids is 1. The summed E-state index contributed by atoms with van der Waals surface area (Å²) in [6.07, 6.45) is -0.129. The first-order chi connectivity index (χ1) is 10.8. The highest BCUT2D eigenvalue weighted by atomic mass is 32.2. The van der Waals surface area contributed by atoms with Gasteiger partial charge in [0.25, 0.3) is 10.1 Å². The van der Waals surface area contributed by atoms with E-state index in [1.807, 2.05) is 24.3 Å². The summed E-state index contributed by atoms with van der Waals surface area (Å²) in [6.45, 7) is 6.08. The van der Waals surface area contributed by atoms with Crippen LogP contribution in [0.3, 0.4) is 0 Å². The Balaban J connectivity index is 2.03. The van der Waals surface area contributed by atoms with Crippen LogP contribution in [-0.4, -0.2) is 53.1 Å². The predicted molar refractivity (Wildman–Crippen MR) is 88.4 cm³/mol. The minimum atomic E-state index is -3.55. The molecule has 23 heavy (non-hydrogen) atoms. The number of benzene rings is 1. The standard InChI is InChI=1S/C15H22N2O5S/c1-4-16(5-2)12-6-8-13(9-7-12)17-10-14(22-15(17)18)11-21-23(3,19)20/h6-9,14H,4-5,10-11H2,1-3H3. The SMILES string of the molecule is CCN(CC)c1ccc(N2CC(COS(C)(=O)=O)OC2=O)cc1. The molecule has 1 unspecified atom stereocenters. The Labute approximate surface area is 136 Å². The molecule has 7 nitrogen and oxygen atoms in total. The van der Waals surface area contributed by atoms with Gasteiger partial charge in [-0.15, -0.1) is 0 Å². The van der Waals surface area contributed by atoms with Crippen LogP contribution >= 0.6 is 0 Å². The summed E-state index contributed by atoms with van der Waals surface area (Å²) in [5.74, 6) is 0. The van der Waals surface area contributed by atoms with E-state index in [0.717, 1.165) is 25.0 Å². The molecule has 1 aliphatic heterocycles. The zero-order chi connectivity index (χ0) is 17.0. The monoisotopic (exact) mass is 342 g/mol. The Bertz CT molecular complexity index is 640. The van der Waals surface area contributed by atoms with E-state index < -0.39 is 22.3 Å². The number of hydrogen-bond donors (Lipinski definition) is 0. The molecular formula is C15H22N2O5S. The van der Waals surface area contributed by atoms with Crippen molar-refractivity contribution < 1.29 is 22.1 Å². The highest BCUT2D eigenvalue weighted by Crippen LogP contribution is 2.25. The number of hydrogen-bond acceptors (Lipinski definition) is 6. The van der Waals surface area contributed by atoms with E-state index in [0.29, 0.717) is 5.69 Å². The zero-order valence-electron chi connectivity index (χ0n) is 13.6. The maximum absolute atomic E-state index is 11.9. The summed E-state index contributed by atoms with van der Waals surface area (Å²) >= 11 is 0. The molecule has 2 rings (SSSR count). The molecule has 128 valence electrons.